The van der Waals surface area contributed by atoms with Crippen molar-refractivity contribution in [2.45, 2.75) is 75.1 Å². The highest BCUT2D eigenvalue weighted by atomic mass is 16.7. The van der Waals surface area contributed by atoms with Gasteiger partial charge in [-0.2, -0.15) is 0 Å². The van der Waals surface area contributed by atoms with Crippen LogP contribution in [0.3, 0.4) is 0 Å². The van der Waals surface area contributed by atoms with Gasteiger partial charge in [0.25, 0.3) is 0 Å². The van der Waals surface area contributed by atoms with Crippen molar-refractivity contribution < 1.29 is 39.5 Å². The number of carbonyl (C=O) groups excluding carboxylic acids is 2. The molecule has 2 heterocycles. The number of hydrogen-bond donors (Lipinski definition) is 4. The number of nitrogens with zero attached hydrogens (tertiary/aromatic N) is 1. The van der Waals surface area contributed by atoms with Gasteiger partial charge in [0.2, 0.25) is 6.29 Å². The summed E-state index contributed by atoms with van der Waals surface area (Å²) < 4.78 is 11.1. The van der Waals surface area contributed by atoms with Crippen molar-refractivity contribution in [3.63, 3.8) is 0 Å². The van der Waals surface area contributed by atoms with Crippen LogP contribution < -0.4 is 4.74 Å². The third kappa shape index (κ3) is 4.11. The van der Waals surface area contributed by atoms with E-state index in [1.54, 1.807) is 24.3 Å². The number of ether oxygens (including phenoxy) is 2. The van der Waals surface area contributed by atoms with E-state index in [1.165, 1.54) is 0 Å². The van der Waals surface area contributed by atoms with Gasteiger partial charge in [-0.15, -0.1) is 0 Å². The molecule has 4 N–H and O–H groups in total. The van der Waals surface area contributed by atoms with Crippen LogP contribution >= 0.6 is 0 Å². The van der Waals surface area contributed by atoms with E-state index in [0.717, 1.165) is 42.6 Å². The molecule has 188 valence electrons. The maximum atomic E-state index is 13.1. The molecule has 9 nitrogen and oxygen atoms in total. The molecule has 5 atom stereocenters. The molecule has 1 fully saturated rings. The first kappa shape index (κ1) is 24.1. The van der Waals surface area contributed by atoms with Crippen molar-refractivity contribution in [2.75, 3.05) is 13.7 Å². The Balaban J connectivity index is 1.45. The Labute approximate surface area is 203 Å². The van der Waals surface area contributed by atoms with E-state index < -0.39 is 43.2 Å². The second-order valence-corrected chi connectivity index (χ2v) is 9.65. The van der Waals surface area contributed by atoms with Crippen molar-refractivity contribution >= 4 is 11.6 Å². The first-order chi connectivity index (χ1) is 16.8. The zero-order valence-electron chi connectivity index (χ0n) is 19.6. The van der Waals surface area contributed by atoms with Crippen LogP contribution in [-0.4, -0.2) is 81.3 Å². The molecule has 0 unspecified atom stereocenters. The SMILES string of the molecule is CN1C2=C(C(=O)CCC2)C(c2ccc(O[C@@H]3O[C@H](CO)[C@@H](O)[C@@H](O)[C@H]3O)cc2)C2=C1CCCC2=O. The second-order valence-electron chi connectivity index (χ2n) is 9.65. The molecule has 2 aliphatic heterocycles. The Kier molecular flexibility index (Phi) is 6.54. The predicted molar refractivity (Wildman–Crippen MR) is 123 cm³/mol. The minimum atomic E-state index is -1.53. The number of benzene rings is 1. The number of rotatable bonds is 4. The van der Waals surface area contributed by atoms with Crippen molar-refractivity contribution in [3.8, 4) is 5.75 Å². The number of carbonyl (C=O) groups is 2. The van der Waals surface area contributed by atoms with Gasteiger partial charge in [0.1, 0.15) is 30.2 Å². The molecule has 0 spiro atoms. The number of allylic oxidation sites excluding steroid dienone is 4. The highest BCUT2D eigenvalue weighted by Gasteiger charge is 2.45. The van der Waals surface area contributed by atoms with Gasteiger partial charge in [-0.05, 0) is 43.4 Å². The normalized spacial score (nSPS) is 32.0. The van der Waals surface area contributed by atoms with Gasteiger partial charge < -0.3 is 34.8 Å². The molecule has 1 aromatic carbocycles. The molecule has 0 bridgehead atoms. The first-order valence-electron chi connectivity index (χ1n) is 12.1. The fourth-order valence-electron chi connectivity index (χ4n) is 5.72. The molecule has 9 heteroatoms. The number of aliphatic hydroxyl groups excluding tert-OH is 4. The molecular formula is C26H31NO8. The lowest BCUT2D eigenvalue weighted by atomic mass is 9.71. The molecule has 5 rings (SSSR count). The van der Waals surface area contributed by atoms with E-state index in [-0.39, 0.29) is 11.6 Å². The molecule has 2 aliphatic carbocycles. The quantitative estimate of drug-likeness (QED) is 0.490. The summed E-state index contributed by atoms with van der Waals surface area (Å²) in [5.74, 6) is 0.0711. The molecule has 1 aromatic rings. The molecule has 0 saturated carbocycles. The van der Waals surface area contributed by atoms with E-state index in [0.29, 0.717) is 29.7 Å². The Morgan fingerprint density at radius 1 is 0.886 bits per heavy atom. The lowest BCUT2D eigenvalue weighted by Crippen LogP contribution is -2.60. The average molecular weight is 486 g/mol. The van der Waals surface area contributed by atoms with Crippen LogP contribution in [0.1, 0.15) is 50.0 Å². The minimum Gasteiger partial charge on any atom is -0.462 e. The van der Waals surface area contributed by atoms with Gasteiger partial charge in [0.15, 0.2) is 11.6 Å². The molecule has 4 aliphatic rings. The van der Waals surface area contributed by atoms with Crippen LogP contribution in [0.2, 0.25) is 0 Å². The van der Waals surface area contributed by atoms with Crippen LogP contribution in [0.4, 0.5) is 0 Å². The van der Waals surface area contributed by atoms with Gasteiger partial charge in [-0.1, -0.05) is 12.1 Å². The monoisotopic (exact) mass is 485 g/mol. The number of Topliss-reactive ketones (excluding diaryl/α,β-unsaturated/α-hetero) is 2. The highest BCUT2D eigenvalue weighted by molar-refractivity contribution is 6.06. The first-order valence-corrected chi connectivity index (χ1v) is 12.1. The topological polar surface area (TPSA) is 137 Å². The van der Waals surface area contributed by atoms with Gasteiger partial charge in [-0.3, -0.25) is 9.59 Å². The van der Waals surface area contributed by atoms with Gasteiger partial charge in [-0.25, -0.2) is 0 Å². The van der Waals surface area contributed by atoms with E-state index in [4.69, 9.17) is 9.47 Å². The standard InChI is InChI=1S/C26H31NO8/c1-27-15-4-2-6-17(29)21(15)20(22-16(27)5-3-7-18(22)30)13-8-10-14(11-9-13)34-26-25(33)24(32)23(31)19(12-28)35-26/h8-11,19-20,23-26,28,31-33H,2-7,12H2,1H3/t19-,23-,24-,25-,26-/m1/s1. The summed E-state index contributed by atoms with van der Waals surface area (Å²) in [6, 6.07) is 6.93. The van der Waals surface area contributed by atoms with Crippen LogP contribution in [0.5, 0.6) is 5.75 Å². The average Bonchev–Trinajstić information content (AvgIpc) is 2.86. The van der Waals surface area contributed by atoms with Gasteiger partial charge in [0.05, 0.1) is 6.61 Å². The lowest BCUT2D eigenvalue weighted by Gasteiger charge is -2.42. The zero-order chi connectivity index (χ0) is 24.9. The molecule has 0 amide bonds. The third-order valence-corrected chi connectivity index (χ3v) is 7.56. The summed E-state index contributed by atoms with van der Waals surface area (Å²) >= 11 is 0. The summed E-state index contributed by atoms with van der Waals surface area (Å²) in [7, 11) is 1.95. The van der Waals surface area contributed by atoms with Crippen molar-refractivity contribution in [2.24, 2.45) is 0 Å². The minimum absolute atomic E-state index is 0.0784. The van der Waals surface area contributed by atoms with E-state index in [1.807, 2.05) is 7.05 Å². The summed E-state index contributed by atoms with van der Waals surface area (Å²) in [5.41, 5.74) is 4.22. The highest BCUT2D eigenvalue weighted by Crippen LogP contribution is 2.48. The predicted octanol–water partition coefficient (Wildman–Crippen LogP) is 0.908. The van der Waals surface area contributed by atoms with Gasteiger partial charge in [0, 0.05) is 48.3 Å². The van der Waals surface area contributed by atoms with E-state index >= 15 is 0 Å². The van der Waals surface area contributed by atoms with E-state index in [2.05, 4.69) is 4.90 Å². The number of aliphatic hydroxyl groups is 4. The number of ketones is 2. The second kappa shape index (κ2) is 9.48. The summed E-state index contributed by atoms with van der Waals surface area (Å²) in [5, 5.41) is 39.6. The lowest BCUT2D eigenvalue weighted by molar-refractivity contribution is -0.277. The largest absolute Gasteiger partial charge is 0.462 e. The maximum Gasteiger partial charge on any atom is 0.229 e. The Morgan fingerprint density at radius 3 is 2.00 bits per heavy atom. The Morgan fingerprint density at radius 2 is 1.46 bits per heavy atom. The summed E-state index contributed by atoms with van der Waals surface area (Å²) in [4.78, 5) is 28.2. The van der Waals surface area contributed by atoms with Gasteiger partial charge >= 0.3 is 0 Å². The van der Waals surface area contributed by atoms with Crippen molar-refractivity contribution in [1.29, 1.82) is 0 Å². The van der Waals surface area contributed by atoms with Crippen LogP contribution in [0, 0.1) is 0 Å². The molecule has 35 heavy (non-hydrogen) atoms. The van der Waals surface area contributed by atoms with Crippen LogP contribution in [0.25, 0.3) is 0 Å². The van der Waals surface area contributed by atoms with Crippen LogP contribution in [-0.2, 0) is 14.3 Å². The summed E-state index contributed by atoms with van der Waals surface area (Å²) in [6.45, 7) is -0.545. The Hall–Kier alpha value is -2.56. The number of hydrogen-bond acceptors (Lipinski definition) is 9. The van der Waals surface area contributed by atoms with E-state index in [9.17, 15) is 30.0 Å². The zero-order valence-corrected chi connectivity index (χ0v) is 19.6. The van der Waals surface area contributed by atoms with Crippen LogP contribution in [0.15, 0.2) is 46.8 Å². The maximum absolute atomic E-state index is 13.1. The molecule has 0 radical (unpaired) electrons. The smallest absolute Gasteiger partial charge is 0.229 e. The summed E-state index contributed by atoms with van der Waals surface area (Å²) in [6.07, 6.45) is -2.71. The molecular weight excluding hydrogens is 454 g/mol. The Bertz CT molecular complexity index is 1030. The van der Waals surface area contributed by atoms with Crippen molar-refractivity contribution in [1.82, 2.24) is 4.90 Å². The fourth-order valence-corrected chi connectivity index (χ4v) is 5.72. The third-order valence-electron chi connectivity index (χ3n) is 7.56. The van der Waals surface area contributed by atoms with Crippen molar-refractivity contribution in [3.05, 3.63) is 52.4 Å². The fraction of sp³-hybridized carbons (Fsp3) is 0.538. The molecule has 0 aromatic heterocycles. The molecule has 1 saturated heterocycles.